The van der Waals surface area contributed by atoms with E-state index in [9.17, 15) is 9.59 Å². The molecule has 2 amide bonds. The van der Waals surface area contributed by atoms with Gasteiger partial charge in [0.1, 0.15) is 5.75 Å². The topological polar surface area (TPSA) is 99.7 Å². The highest BCUT2D eigenvalue weighted by molar-refractivity contribution is 5.99. The number of rotatable bonds is 8. The number of aromatic nitrogens is 2. The van der Waals surface area contributed by atoms with Gasteiger partial charge < -0.3 is 19.9 Å². The predicted octanol–water partition coefficient (Wildman–Crippen LogP) is 4.50. The van der Waals surface area contributed by atoms with Gasteiger partial charge in [-0.05, 0) is 98.6 Å². The van der Waals surface area contributed by atoms with Gasteiger partial charge in [0.2, 0.25) is 11.9 Å². The van der Waals surface area contributed by atoms with Gasteiger partial charge in [-0.25, -0.2) is 9.97 Å². The highest BCUT2D eigenvalue weighted by Crippen LogP contribution is 2.31. The maximum absolute atomic E-state index is 12.0. The van der Waals surface area contributed by atoms with Crippen molar-refractivity contribution in [2.75, 3.05) is 42.9 Å². The van der Waals surface area contributed by atoms with E-state index < -0.39 is 6.10 Å². The van der Waals surface area contributed by atoms with E-state index in [-0.39, 0.29) is 11.8 Å². The minimum absolute atomic E-state index is 0.229. The Morgan fingerprint density at radius 1 is 0.854 bits per heavy atom. The molecule has 214 valence electrons. The third-order valence-corrected chi connectivity index (χ3v) is 8.59. The zero-order valence-electron chi connectivity index (χ0n) is 23.4. The highest BCUT2D eigenvalue weighted by Gasteiger charge is 2.29. The Labute approximate surface area is 241 Å². The first-order valence-electron chi connectivity index (χ1n) is 14.8. The van der Waals surface area contributed by atoms with Gasteiger partial charge in [0, 0.05) is 56.2 Å². The van der Waals surface area contributed by atoms with Crippen LogP contribution in [0.25, 0.3) is 0 Å². The van der Waals surface area contributed by atoms with Crippen LogP contribution >= 0.6 is 0 Å². The standard InChI is InChI=1S/C32H38N6O3/c39-30-11-10-29(31(40)36-30)41-28-8-6-27(7-9-28)38-20-12-23(13-21-38)22-37-18-14-25(15-19-37)24-2-4-26(5-3-24)35-32-33-16-1-17-34-32/h1-9,16-17,23,25,29H,10-15,18-22H2,(H,33,34,35)(H,36,39,40). The van der Waals surface area contributed by atoms with E-state index in [1.54, 1.807) is 12.4 Å². The summed E-state index contributed by atoms with van der Waals surface area (Å²) in [5, 5.41) is 5.60. The predicted molar refractivity (Wildman–Crippen MR) is 158 cm³/mol. The number of carbonyl (C=O) groups is 2. The number of imide groups is 1. The molecule has 3 saturated heterocycles. The molecule has 3 fully saturated rings. The van der Waals surface area contributed by atoms with E-state index in [1.807, 2.05) is 18.2 Å². The minimum Gasteiger partial charge on any atom is -0.481 e. The van der Waals surface area contributed by atoms with E-state index in [1.165, 1.54) is 43.5 Å². The quantitative estimate of drug-likeness (QED) is 0.393. The van der Waals surface area contributed by atoms with Gasteiger partial charge in [-0.3, -0.25) is 14.9 Å². The van der Waals surface area contributed by atoms with E-state index in [0.29, 0.717) is 30.5 Å². The summed E-state index contributed by atoms with van der Waals surface area (Å²) in [6, 6.07) is 18.6. The average molecular weight is 555 g/mol. The number of amides is 2. The van der Waals surface area contributed by atoms with Crippen LogP contribution in [0.3, 0.4) is 0 Å². The number of nitrogens with one attached hydrogen (secondary N) is 2. The molecule has 2 N–H and O–H groups in total. The molecule has 4 heterocycles. The number of ether oxygens (including phenoxy) is 1. The van der Waals surface area contributed by atoms with Crippen molar-refractivity contribution in [1.82, 2.24) is 20.2 Å². The molecule has 1 unspecified atom stereocenters. The molecule has 0 radical (unpaired) electrons. The van der Waals surface area contributed by atoms with Crippen molar-refractivity contribution in [3.05, 3.63) is 72.6 Å². The van der Waals surface area contributed by atoms with Crippen LogP contribution in [0, 0.1) is 5.92 Å². The minimum atomic E-state index is -0.599. The molecule has 0 bridgehead atoms. The summed E-state index contributed by atoms with van der Waals surface area (Å²) in [7, 11) is 0. The number of piperidine rings is 3. The lowest BCUT2D eigenvalue weighted by molar-refractivity contribution is -0.138. The lowest BCUT2D eigenvalue weighted by Crippen LogP contribution is -2.46. The third-order valence-electron chi connectivity index (χ3n) is 8.59. The van der Waals surface area contributed by atoms with Crippen LogP contribution in [-0.4, -0.2) is 65.5 Å². The smallest absolute Gasteiger partial charge is 0.267 e. The Morgan fingerprint density at radius 2 is 1.56 bits per heavy atom. The van der Waals surface area contributed by atoms with Crippen LogP contribution in [-0.2, 0) is 9.59 Å². The van der Waals surface area contributed by atoms with Gasteiger partial charge in [-0.15, -0.1) is 0 Å². The van der Waals surface area contributed by atoms with Gasteiger partial charge in [-0.2, -0.15) is 0 Å². The van der Waals surface area contributed by atoms with Crippen LogP contribution in [0.5, 0.6) is 5.75 Å². The molecule has 0 aliphatic carbocycles. The lowest BCUT2D eigenvalue weighted by atomic mass is 9.88. The molecule has 3 aliphatic heterocycles. The maximum atomic E-state index is 12.0. The Morgan fingerprint density at radius 3 is 2.24 bits per heavy atom. The zero-order chi connectivity index (χ0) is 28.0. The van der Waals surface area contributed by atoms with Crippen LogP contribution in [0.1, 0.15) is 50.0 Å². The molecular formula is C32H38N6O3. The molecule has 41 heavy (non-hydrogen) atoms. The normalized spacial score (nSPS) is 21.0. The van der Waals surface area contributed by atoms with Crippen molar-refractivity contribution in [3.63, 3.8) is 0 Å². The molecule has 0 saturated carbocycles. The fourth-order valence-corrected chi connectivity index (χ4v) is 6.21. The lowest BCUT2D eigenvalue weighted by Gasteiger charge is -2.38. The van der Waals surface area contributed by atoms with Gasteiger partial charge in [0.15, 0.2) is 6.10 Å². The van der Waals surface area contributed by atoms with E-state index >= 15 is 0 Å². The monoisotopic (exact) mass is 554 g/mol. The second-order valence-corrected chi connectivity index (χ2v) is 11.4. The summed E-state index contributed by atoms with van der Waals surface area (Å²) in [6.45, 7) is 5.64. The van der Waals surface area contributed by atoms with Crippen LogP contribution in [0.2, 0.25) is 0 Å². The molecule has 9 heteroatoms. The fraction of sp³-hybridized carbons (Fsp3) is 0.438. The molecule has 6 rings (SSSR count). The van der Waals surface area contributed by atoms with E-state index in [4.69, 9.17) is 4.74 Å². The summed E-state index contributed by atoms with van der Waals surface area (Å²) >= 11 is 0. The van der Waals surface area contributed by atoms with Crippen molar-refractivity contribution in [2.24, 2.45) is 5.92 Å². The van der Waals surface area contributed by atoms with Crippen molar-refractivity contribution >= 4 is 29.1 Å². The van der Waals surface area contributed by atoms with Crippen molar-refractivity contribution in [3.8, 4) is 5.75 Å². The summed E-state index contributed by atoms with van der Waals surface area (Å²) in [4.78, 5) is 36.9. The summed E-state index contributed by atoms with van der Waals surface area (Å²) in [6.07, 6.45) is 8.45. The molecule has 1 aromatic heterocycles. The first-order chi connectivity index (χ1) is 20.1. The number of benzene rings is 2. The number of hydrogen-bond acceptors (Lipinski definition) is 8. The maximum Gasteiger partial charge on any atom is 0.267 e. The summed E-state index contributed by atoms with van der Waals surface area (Å²) in [5.74, 6) is 2.07. The third kappa shape index (κ3) is 7.03. The molecular weight excluding hydrogens is 516 g/mol. The first kappa shape index (κ1) is 27.2. The molecule has 9 nitrogen and oxygen atoms in total. The average Bonchev–Trinajstić information content (AvgIpc) is 3.01. The Kier molecular flexibility index (Phi) is 8.41. The molecule has 1 atom stereocenters. The van der Waals surface area contributed by atoms with Crippen molar-refractivity contribution in [1.29, 1.82) is 0 Å². The van der Waals surface area contributed by atoms with Crippen molar-refractivity contribution in [2.45, 2.75) is 50.5 Å². The fourth-order valence-electron chi connectivity index (χ4n) is 6.21. The van der Waals surface area contributed by atoms with E-state index in [2.05, 4.69) is 66.8 Å². The highest BCUT2D eigenvalue weighted by atomic mass is 16.5. The molecule has 3 aromatic rings. The summed E-state index contributed by atoms with van der Waals surface area (Å²) < 4.78 is 5.83. The molecule has 0 spiro atoms. The number of carbonyl (C=O) groups excluding carboxylic acids is 2. The second-order valence-electron chi connectivity index (χ2n) is 11.4. The number of likely N-dealkylation sites (tertiary alicyclic amines) is 1. The summed E-state index contributed by atoms with van der Waals surface area (Å²) in [5.41, 5.74) is 3.63. The number of nitrogens with zero attached hydrogens (tertiary/aromatic N) is 4. The van der Waals surface area contributed by atoms with Gasteiger partial charge in [-0.1, -0.05) is 12.1 Å². The first-order valence-corrected chi connectivity index (χ1v) is 14.8. The van der Waals surface area contributed by atoms with Crippen LogP contribution in [0.15, 0.2) is 67.0 Å². The largest absolute Gasteiger partial charge is 0.481 e. The Bertz CT molecular complexity index is 1300. The molecule has 3 aliphatic rings. The number of hydrogen-bond donors (Lipinski definition) is 2. The van der Waals surface area contributed by atoms with Gasteiger partial charge in [0.25, 0.3) is 5.91 Å². The zero-order valence-corrected chi connectivity index (χ0v) is 23.4. The van der Waals surface area contributed by atoms with Crippen molar-refractivity contribution < 1.29 is 14.3 Å². The van der Waals surface area contributed by atoms with Gasteiger partial charge in [0.05, 0.1) is 0 Å². The SMILES string of the molecule is O=C1CCC(Oc2ccc(N3CCC(CN4CCC(c5ccc(Nc6ncccn6)cc5)CC4)CC3)cc2)C(=O)N1. The van der Waals surface area contributed by atoms with E-state index in [0.717, 1.165) is 37.8 Å². The number of anilines is 3. The second kappa shape index (κ2) is 12.7. The van der Waals surface area contributed by atoms with Crippen LogP contribution < -0.4 is 20.3 Å². The van der Waals surface area contributed by atoms with Crippen LogP contribution in [0.4, 0.5) is 17.3 Å². The van der Waals surface area contributed by atoms with Gasteiger partial charge >= 0.3 is 0 Å². The Hall–Kier alpha value is -3.98. The Balaban J connectivity index is 0.916. The molecule has 2 aromatic carbocycles.